The third-order valence-electron chi connectivity index (χ3n) is 5.11. The minimum Gasteiger partial charge on any atom is -0.489 e. The van der Waals surface area contributed by atoms with Crippen LogP contribution in [0.2, 0.25) is 5.02 Å². The summed E-state index contributed by atoms with van der Waals surface area (Å²) in [5, 5.41) is 8.97. The molecule has 3 aromatic rings. The molecule has 1 N–H and O–H groups in total. The zero-order valence-corrected chi connectivity index (χ0v) is 18.4. The molecule has 1 saturated carbocycles. The summed E-state index contributed by atoms with van der Waals surface area (Å²) in [5.41, 5.74) is 0.186. The summed E-state index contributed by atoms with van der Waals surface area (Å²) in [6.45, 7) is 0.498. The third kappa shape index (κ3) is 4.61. The van der Waals surface area contributed by atoms with Crippen molar-refractivity contribution in [2.24, 2.45) is 5.92 Å². The van der Waals surface area contributed by atoms with E-state index in [0.717, 1.165) is 12.1 Å². The van der Waals surface area contributed by atoms with Gasteiger partial charge in [-0.2, -0.15) is 0 Å². The number of aliphatic carboxylic acids is 1. The van der Waals surface area contributed by atoms with Gasteiger partial charge in [-0.05, 0) is 53.0 Å². The molecule has 1 heterocycles. The van der Waals surface area contributed by atoms with E-state index in [1.165, 1.54) is 6.07 Å². The first-order valence-corrected chi connectivity index (χ1v) is 10.7. The molecule has 162 valence electrons. The maximum Gasteiger partial charge on any atom is 0.306 e. The average Bonchev–Trinajstić information content (AvgIpc) is 2.67. The van der Waals surface area contributed by atoms with Gasteiger partial charge in [-0.1, -0.05) is 17.7 Å². The number of ether oxygens (including phenoxy) is 2. The van der Waals surface area contributed by atoms with Crippen LogP contribution in [-0.4, -0.2) is 30.4 Å². The van der Waals surface area contributed by atoms with Gasteiger partial charge in [0.15, 0.2) is 11.0 Å². The third-order valence-corrected chi connectivity index (χ3v) is 6.01. The fraction of sp³-hybridized carbons (Fsp3) is 0.273. The van der Waals surface area contributed by atoms with E-state index in [-0.39, 0.29) is 47.0 Å². The first kappa shape index (κ1) is 21.8. The predicted molar refractivity (Wildman–Crippen MR) is 116 cm³/mol. The summed E-state index contributed by atoms with van der Waals surface area (Å²) in [4.78, 5) is 23.4. The van der Waals surface area contributed by atoms with Crippen molar-refractivity contribution in [3.8, 4) is 17.1 Å². The van der Waals surface area contributed by atoms with E-state index in [1.807, 2.05) is 0 Å². The molecular formula is C22H17BrClFO6. The van der Waals surface area contributed by atoms with Gasteiger partial charge in [0.25, 0.3) is 0 Å². The molecule has 9 heteroatoms. The van der Waals surface area contributed by atoms with E-state index >= 15 is 0 Å². The van der Waals surface area contributed by atoms with Gasteiger partial charge >= 0.3 is 5.97 Å². The Morgan fingerprint density at radius 3 is 2.77 bits per heavy atom. The van der Waals surface area contributed by atoms with Crippen LogP contribution in [0, 0.1) is 11.7 Å². The van der Waals surface area contributed by atoms with E-state index in [1.54, 1.807) is 18.2 Å². The minimum absolute atomic E-state index is 0.0000197. The molecule has 1 aliphatic rings. The van der Waals surface area contributed by atoms with E-state index in [0.29, 0.717) is 28.6 Å². The monoisotopic (exact) mass is 510 g/mol. The Kier molecular flexibility index (Phi) is 6.31. The zero-order chi connectivity index (χ0) is 22.1. The largest absolute Gasteiger partial charge is 0.489 e. The van der Waals surface area contributed by atoms with E-state index in [2.05, 4.69) is 15.9 Å². The van der Waals surface area contributed by atoms with Crippen molar-refractivity contribution < 1.29 is 28.2 Å². The lowest BCUT2D eigenvalue weighted by Gasteiger charge is -2.32. The molecule has 0 unspecified atom stereocenters. The highest BCUT2D eigenvalue weighted by Gasteiger charge is 2.35. The van der Waals surface area contributed by atoms with Crippen LogP contribution in [0.1, 0.15) is 12.8 Å². The second-order valence-electron chi connectivity index (χ2n) is 7.20. The second kappa shape index (κ2) is 8.98. The Morgan fingerprint density at radius 2 is 2.03 bits per heavy atom. The standard InChI is InChI=1S/C22H17BrClFO6/c23-16-3-1-2-14(20(16)30-5-4-29-13-6-11(7-13)22(27)28)19-10-18(26)15-8-12(25)9-17(24)21(15)31-19/h1-3,8-11,13H,4-7H2,(H,27,28)/t11-,13+. The van der Waals surface area contributed by atoms with Crippen LogP contribution in [0.4, 0.5) is 4.39 Å². The lowest BCUT2D eigenvalue weighted by atomic mass is 9.82. The van der Waals surface area contributed by atoms with E-state index in [4.69, 9.17) is 30.6 Å². The molecule has 0 saturated heterocycles. The van der Waals surface area contributed by atoms with Crippen molar-refractivity contribution in [2.45, 2.75) is 18.9 Å². The Morgan fingerprint density at radius 1 is 1.26 bits per heavy atom. The van der Waals surface area contributed by atoms with Crippen molar-refractivity contribution >= 4 is 44.5 Å². The molecule has 0 aliphatic heterocycles. The normalized spacial score (nSPS) is 18.0. The van der Waals surface area contributed by atoms with Crippen LogP contribution in [0.25, 0.3) is 22.3 Å². The number of carbonyl (C=O) groups is 1. The minimum atomic E-state index is -0.798. The number of benzene rings is 2. The Labute approximate surface area is 189 Å². The van der Waals surface area contributed by atoms with Gasteiger partial charge in [0.2, 0.25) is 0 Å². The first-order valence-electron chi connectivity index (χ1n) is 9.52. The lowest BCUT2D eigenvalue weighted by Crippen LogP contribution is -2.37. The molecule has 0 atom stereocenters. The highest BCUT2D eigenvalue weighted by Crippen LogP contribution is 2.38. The van der Waals surface area contributed by atoms with Crippen molar-refractivity contribution in [1.82, 2.24) is 0 Å². The highest BCUT2D eigenvalue weighted by atomic mass is 79.9. The Bertz CT molecular complexity index is 1200. The molecule has 4 rings (SSSR count). The summed E-state index contributed by atoms with van der Waals surface area (Å²) >= 11 is 9.52. The number of hydrogen-bond donors (Lipinski definition) is 1. The summed E-state index contributed by atoms with van der Waals surface area (Å²) in [7, 11) is 0. The molecule has 1 aromatic heterocycles. The van der Waals surface area contributed by atoms with Gasteiger partial charge in [0.05, 0.1) is 39.1 Å². The fourth-order valence-corrected chi connectivity index (χ4v) is 4.15. The zero-order valence-electron chi connectivity index (χ0n) is 16.1. The number of fused-ring (bicyclic) bond motifs is 1. The van der Waals surface area contributed by atoms with Crippen molar-refractivity contribution in [3.05, 3.63) is 61.9 Å². The van der Waals surface area contributed by atoms with Gasteiger partial charge in [-0.3, -0.25) is 9.59 Å². The quantitative estimate of drug-likeness (QED) is 0.435. The maximum atomic E-state index is 13.6. The average molecular weight is 512 g/mol. The van der Waals surface area contributed by atoms with Crippen molar-refractivity contribution in [1.29, 1.82) is 0 Å². The van der Waals surface area contributed by atoms with Crippen molar-refractivity contribution in [2.75, 3.05) is 13.2 Å². The van der Waals surface area contributed by atoms with Crippen molar-refractivity contribution in [3.63, 3.8) is 0 Å². The number of rotatable bonds is 7. The maximum absolute atomic E-state index is 13.6. The summed E-state index contributed by atoms with van der Waals surface area (Å²) in [5.74, 6) is -1.08. The number of carboxylic acids is 1. The molecular weight excluding hydrogens is 495 g/mol. The van der Waals surface area contributed by atoms with Gasteiger partial charge in [0, 0.05) is 6.07 Å². The van der Waals surface area contributed by atoms with Crippen LogP contribution in [0.3, 0.4) is 0 Å². The van der Waals surface area contributed by atoms with Crippen LogP contribution >= 0.6 is 27.5 Å². The van der Waals surface area contributed by atoms with E-state index in [9.17, 15) is 14.0 Å². The molecule has 0 radical (unpaired) electrons. The molecule has 6 nitrogen and oxygen atoms in total. The lowest BCUT2D eigenvalue weighted by molar-refractivity contribution is -0.151. The highest BCUT2D eigenvalue weighted by molar-refractivity contribution is 9.10. The smallest absolute Gasteiger partial charge is 0.306 e. The van der Waals surface area contributed by atoms with Gasteiger partial charge in [-0.25, -0.2) is 4.39 Å². The first-order chi connectivity index (χ1) is 14.8. The molecule has 31 heavy (non-hydrogen) atoms. The van der Waals surface area contributed by atoms with Crippen LogP contribution in [-0.2, 0) is 9.53 Å². The predicted octanol–water partition coefficient (Wildman–Crippen LogP) is 5.27. The molecule has 2 aromatic carbocycles. The van der Waals surface area contributed by atoms with Gasteiger partial charge in [-0.15, -0.1) is 0 Å². The summed E-state index contributed by atoms with van der Waals surface area (Å²) in [6.07, 6.45) is 0.919. The molecule has 1 aliphatic carbocycles. The molecule has 0 spiro atoms. The second-order valence-corrected chi connectivity index (χ2v) is 8.47. The number of hydrogen-bond acceptors (Lipinski definition) is 5. The van der Waals surface area contributed by atoms with Crippen LogP contribution in [0.5, 0.6) is 5.75 Å². The Balaban J connectivity index is 1.53. The molecule has 0 amide bonds. The SMILES string of the molecule is O=c1cc(-c2cccc(Br)c2OCCO[C@H]2C[C@@H](C(=O)O)C2)oc2c(Cl)cc(F)cc12. The molecule has 0 bridgehead atoms. The van der Waals surface area contributed by atoms with Crippen LogP contribution in [0.15, 0.2) is 50.1 Å². The summed E-state index contributed by atoms with van der Waals surface area (Å²) in [6, 6.07) is 8.71. The number of carboxylic acid groups (broad SMARTS) is 1. The summed E-state index contributed by atoms with van der Waals surface area (Å²) < 4.78 is 31.6. The fourth-order valence-electron chi connectivity index (χ4n) is 3.43. The number of halogens is 3. The number of para-hydroxylation sites is 1. The van der Waals surface area contributed by atoms with Gasteiger partial charge < -0.3 is 19.0 Å². The topological polar surface area (TPSA) is 86.0 Å². The van der Waals surface area contributed by atoms with Gasteiger partial charge in [0.1, 0.15) is 23.9 Å². The molecule has 1 fully saturated rings. The van der Waals surface area contributed by atoms with E-state index < -0.39 is 17.2 Å². The Hall–Kier alpha value is -2.42. The van der Waals surface area contributed by atoms with Crippen LogP contribution < -0.4 is 10.2 Å².